The number of fused-ring (bicyclic) bond motifs is 1. The molecule has 0 bridgehead atoms. The van der Waals surface area contributed by atoms with E-state index in [1.165, 1.54) is 16.5 Å². The van der Waals surface area contributed by atoms with Gasteiger partial charge in [0.2, 0.25) is 0 Å². The van der Waals surface area contributed by atoms with Crippen LogP contribution in [0.5, 0.6) is 0 Å². The van der Waals surface area contributed by atoms with Gasteiger partial charge in [-0.05, 0) is 27.9 Å². The third kappa shape index (κ3) is 2.68. The second kappa shape index (κ2) is 5.61. The maximum Gasteiger partial charge on any atom is 0.135 e. The Balaban J connectivity index is 1.80. The fourth-order valence-electron chi connectivity index (χ4n) is 2.79. The van der Waals surface area contributed by atoms with E-state index in [0.717, 1.165) is 43.7 Å². The molecule has 0 unspecified atom stereocenters. The molecule has 0 aliphatic carbocycles. The minimum Gasteiger partial charge on any atom is -0.314 e. The average Bonchev–Trinajstić information content (AvgIpc) is 2.74. The van der Waals surface area contributed by atoms with Crippen molar-refractivity contribution in [1.82, 2.24) is 20.0 Å². The number of aryl methyl sites for hydroxylation is 1. The van der Waals surface area contributed by atoms with Crippen LogP contribution in [-0.4, -0.2) is 47.4 Å². The number of hydrogen-bond donors (Lipinski definition) is 1. The van der Waals surface area contributed by atoms with E-state index in [4.69, 9.17) is 0 Å². The maximum atomic E-state index is 4.46. The minimum absolute atomic E-state index is 0.939. The van der Waals surface area contributed by atoms with E-state index in [9.17, 15) is 0 Å². The number of benzene rings is 1. The van der Waals surface area contributed by atoms with Crippen molar-refractivity contribution in [3.05, 3.63) is 28.4 Å². The quantitative estimate of drug-likeness (QED) is 0.935. The topological polar surface area (TPSA) is 33.1 Å². The molecule has 4 nitrogen and oxygen atoms in total. The van der Waals surface area contributed by atoms with Crippen molar-refractivity contribution in [3.63, 3.8) is 0 Å². The van der Waals surface area contributed by atoms with Gasteiger partial charge >= 0.3 is 0 Å². The Labute approximate surface area is 121 Å². The summed E-state index contributed by atoms with van der Waals surface area (Å²) in [5.74, 6) is 0. The molecule has 0 amide bonds. The van der Waals surface area contributed by atoms with Crippen molar-refractivity contribution in [2.45, 2.75) is 6.42 Å². The third-order valence-electron chi connectivity index (χ3n) is 3.81. The molecule has 1 saturated heterocycles. The van der Waals surface area contributed by atoms with Crippen molar-refractivity contribution < 1.29 is 0 Å². The van der Waals surface area contributed by atoms with Crippen LogP contribution in [0.2, 0.25) is 0 Å². The highest BCUT2D eigenvalue weighted by Gasteiger charge is 2.13. The van der Waals surface area contributed by atoms with Gasteiger partial charge < -0.3 is 10.2 Å². The van der Waals surface area contributed by atoms with Gasteiger partial charge in [0.25, 0.3) is 0 Å². The van der Waals surface area contributed by atoms with Gasteiger partial charge in [-0.3, -0.25) is 4.68 Å². The number of hydrogen-bond acceptors (Lipinski definition) is 3. The van der Waals surface area contributed by atoms with E-state index >= 15 is 0 Å². The van der Waals surface area contributed by atoms with Crippen LogP contribution in [0.1, 0.15) is 5.56 Å². The number of halogens is 1. The highest BCUT2D eigenvalue weighted by atomic mass is 79.9. The summed E-state index contributed by atoms with van der Waals surface area (Å²) in [5, 5.41) is 9.06. The molecule has 0 saturated carbocycles. The molecule has 5 heteroatoms. The molecule has 1 N–H and O–H groups in total. The first-order valence-electron chi connectivity index (χ1n) is 6.79. The standard InChI is InChI=1S/C14H19BrN4/c1-18-13-11(3-2-4-12(13)14(15)17-18)5-8-19-9-6-16-7-10-19/h2-4,16H,5-10H2,1H3. The Morgan fingerprint density at radius 2 is 2.11 bits per heavy atom. The van der Waals surface area contributed by atoms with Gasteiger partial charge in [-0.25, -0.2) is 0 Å². The Kier molecular flexibility index (Phi) is 3.86. The third-order valence-corrected chi connectivity index (χ3v) is 4.40. The molecule has 1 aliphatic rings. The van der Waals surface area contributed by atoms with E-state index in [1.807, 2.05) is 11.7 Å². The Morgan fingerprint density at radius 1 is 1.32 bits per heavy atom. The predicted molar refractivity (Wildman–Crippen MR) is 81.4 cm³/mol. The summed E-state index contributed by atoms with van der Waals surface area (Å²) in [7, 11) is 2.02. The Bertz CT molecular complexity index is 572. The van der Waals surface area contributed by atoms with Gasteiger partial charge in [-0.1, -0.05) is 18.2 Å². The first kappa shape index (κ1) is 13.1. The van der Waals surface area contributed by atoms with Gasteiger partial charge in [-0.15, -0.1) is 0 Å². The lowest BCUT2D eigenvalue weighted by Gasteiger charge is -2.27. The fourth-order valence-corrected chi connectivity index (χ4v) is 3.35. The smallest absolute Gasteiger partial charge is 0.135 e. The average molecular weight is 323 g/mol. The molecule has 1 fully saturated rings. The molecule has 1 aliphatic heterocycles. The molecule has 3 rings (SSSR count). The van der Waals surface area contributed by atoms with Crippen LogP contribution in [0.25, 0.3) is 10.9 Å². The minimum atomic E-state index is 0.939. The van der Waals surface area contributed by atoms with Gasteiger partial charge in [-0.2, -0.15) is 5.10 Å². The first-order chi connectivity index (χ1) is 9.25. The Morgan fingerprint density at radius 3 is 2.89 bits per heavy atom. The molecule has 2 aromatic rings. The zero-order chi connectivity index (χ0) is 13.2. The lowest BCUT2D eigenvalue weighted by molar-refractivity contribution is 0.244. The van der Waals surface area contributed by atoms with Gasteiger partial charge in [0, 0.05) is 45.2 Å². The summed E-state index contributed by atoms with van der Waals surface area (Å²) < 4.78 is 2.92. The molecule has 1 aromatic carbocycles. The number of nitrogens with one attached hydrogen (secondary N) is 1. The van der Waals surface area contributed by atoms with E-state index in [2.05, 4.69) is 49.4 Å². The summed E-state index contributed by atoms with van der Waals surface area (Å²) in [5.41, 5.74) is 2.64. The van der Waals surface area contributed by atoms with Gasteiger partial charge in [0.15, 0.2) is 0 Å². The lowest BCUT2D eigenvalue weighted by atomic mass is 10.1. The molecule has 102 valence electrons. The largest absolute Gasteiger partial charge is 0.314 e. The van der Waals surface area contributed by atoms with Crippen LogP contribution < -0.4 is 5.32 Å². The molecule has 19 heavy (non-hydrogen) atoms. The highest BCUT2D eigenvalue weighted by molar-refractivity contribution is 9.10. The van der Waals surface area contributed by atoms with Crippen molar-refractivity contribution in [1.29, 1.82) is 0 Å². The van der Waals surface area contributed by atoms with E-state index in [-0.39, 0.29) is 0 Å². The number of piperazine rings is 1. The van der Waals surface area contributed by atoms with E-state index in [0.29, 0.717) is 0 Å². The van der Waals surface area contributed by atoms with Crippen molar-refractivity contribution >= 4 is 26.8 Å². The summed E-state index contributed by atoms with van der Waals surface area (Å²) >= 11 is 3.53. The summed E-state index contributed by atoms with van der Waals surface area (Å²) in [6.45, 7) is 5.67. The van der Waals surface area contributed by atoms with E-state index in [1.54, 1.807) is 0 Å². The normalized spacial score (nSPS) is 17.2. The van der Waals surface area contributed by atoms with Crippen LogP contribution in [-0.2, 0) is 13.5 Å². The first-order valence-corrected chi connectivity index (χ1v) is 7.58. The number of nitrogens with zero attached hydrogens (tertiary/aromatic N) is 3. The van der Waals surface area contributed by atoms with Gasteiger partial charge in [0.1, 0.15) is 4.60 Å². The van der Waals surface area contributed by atoms with Crippen molar-refractivity contribution in [2.75, 3.05) is 32.7 Å². The van der Waals surface area contributed by atoms with Crippen molar-refractivity contribution in [3.8, 4) is 0 Å². The molecule has 0 radical (unpaired) electrons. The summed E-state index contributed by atoms with van der Waals surface area (Å²) in [6.07, 6.45) is 1.09. The second-order valence-corrected chi connectivity index (χ2v) is 5.82. The molecular weight excluding hydrogens is 304 g/mol. The second-order valence-electron chi connectivity index (χ2n) is 5.07. The maximum absolute atomic E-state index is 4.46. The Hall–Kier alpha value is -0.910. The number of aromatic nitrogens is 2. The van der Waals surface area contributed by atoms with E-state index < -0.39 is 0 Å². The highest BCUT2D eigenvalue weighted by Crippen LogP contribution is 2.25. The molecule has 2 heterocycles. The van der Waals surface area contributed by atoms with Crippen LogP contribution in [0.15, 0.2) is 22.8 Å². The summed E-state index contributed by atoms with van der Waals surface area (Å²) in [6, 6.07) is 6.47. The summed E-state index contributed by atoms with van der Waals surface area (Å²) in [4.78, 5) is 2.53. The molecule has 0 atom stereocenters. The number of para-hydroxylation sites is 1. The molecular formula is C14H19BrN4. The van der Waals surface area contributed by atoms with Gasteiger partial charge in [0.05, 0.1) is 5.52 Å². The molecule has 1 aromatic heterocycles. The van der Waals surface area contributed by atoms with Crippen LogP contribution >= 0.6 is 15.9 Å². The van der Waals surface area contributed by atoms with Crippen LogP contribution in [0.3, 0.4) is 0 Å². The SMILES string of the molecule is Cn1nc(Br)c2cccc(CCN3CCNCC3)c21. The predicted octanol–water partition coefficient (Wildman–Crippen LogP) is 1.78. The number of rotatable bonds is 3. The zero-order valence-electron chi connectivity index (χ0n) is 11.2. The molecule has 0 spiro atoms. The van der Waals surface area contributed by atoms with Crippen LogP contribution in [0, 0.1) is 0 Å². The van der Waals surface area contributed by atoms with Crippen LogP contribution in [0.4, 0.5) is 0 Å². The monoisotopic (exact) mass is 322 g/mol. The lowest BCUT2D eigenvalue weighted by Crippen LogP contribution is -2.44. The van der Waals surface area contributed by atoms with Crippen molar-refractivity contribution in [2.24, 2.45) is 7.05 Å². The zero-order valence-corrected chi connectivity index (χ0v) is 12.8. The fraction of sp³-hybridized carbons (Fsp3) is 0.500.